The topological polar surface area (TPSA) is 77.8 Å². The first kappa shape index (κ1) is 13.8. The molecule has 0 spiro atoms. The lowest BCUT2D eigenvalue weighted by Crippen LogP contribution is -2.40. The van der Waals surface area contributed by atoms with Crippen LogP contribution in [0, 0.1) is 5.82 Å². The minimum Gasteiger partial charge on any atom is -0.480 e. The zero-order chi connectivity index (χ0) is 14.2. The van der Waals surface area contributed by atoms with E-state index in [4.69, 9.17) is 16.7 Å². The van der Waals surface area contributed by atoms with E-state index in [2.05, 4.69) is 0 Å². The maximum absolute atomic E-state index is 13.0. The largest absolute Gasteiger partial charge is 0.480 e. The number of likely N-dealkylation sites (tertiary alicyclic amines) is 1. The number of nitrogens with zero attached hydrogens (tertiary/aromatic N) is 1. The Morgan fingerprint density at radius 2 is 2.11 bits per heavy atom. The van der Waals surface area contributed by atoms with Crippen molar-refractivity contribution in [2.75, 3.05) is 6.54 Å². The third-order valence-corrected chi connectivity index (χ3v) is 3.28. The van der Waals surface area contributed by atoms with Crippen molar-refractivity contribution in [3.63, 3.8) is 0 Å². The first-order chi connectivity index (χ1) is 8.90. The zero-order valence-corrected chi connectivity index (χ0v) is 10.5. The molecule has 1 aromatic rings. The number of carboxylic acids is 1. The van der Waals surface area contributed by atoms with Crippen LogP contribution >= 0.6 is 11.6 Å². The van der Waals surface area contributed by atoms with E-state index in [1.54, 1.807) is 0 Å². The van der Waals surface area contributed by atoms with Crippen LogP contribution in [0.15, 0.2) is 18.2 Å². The zero-order valence-electron chi connectivity index (χ0n) is 9.72. The monoisotopic (exact) mass is 287 g/mol. The number of halogens is 2. The molecule has 0 bridgehead atoms. The van der Waals surface area contributed by atoms with Crippen LogP contribution in [0.5, 0.6) is 0 Å². The van der Waals surface area contributed by atoms with Gasteiger partial charge in [-0.25, -0.2) is 9.18 Å². The van der Waals surface area contributed by atoms with E-state index in [1.807, 2.05) is 0 Å². The maximum Gasteiger partial charge on any atom is 0.326 e. The summed E-state index contributed by atoms with van der Waals surface area (Å²) in [6.07, 6.45) is -0.892. The van der Waals surface area contributed by atoms with Gasteiger partial charge < -0.3 is 15.1 Å². The van der Waals surface area contributed by atoms with E-state index in [1.165, 1.54) is 6.07 Å². The fourth-order valence-electron chi connectivity index (χ4n) is 2.07. The first-order valence-corrected chi connectivity index (χ1v) is 5.95. The number of aliphatic hydroxyl groups excluding tert-OH is 1. The number of carbonyl (C=O) groups excluding carboxylic acids is 1. The van der Waals surface area contributed by atoms with Crippen molar-refractivity contribution in [2.24, 2.45) is 0 Å². The highest BCUT2D eigenvalue weighted by Crippen LogP contribution is 2.23. The van der Waals surface area contributed by atoms with E-state index in [0.717, 1.165) is 17.0 Å². The normalized spacial score (nSPS) is 22.6. The molecule has 0 aliphatic carbocycles. The van der Waals surface area contributed by atoms with Gasteiger partial charge in [0.15, 0.2) is 0 Å². The second-order valence-electron chi connectivity index (χ2n) is 4.33. The fourth-order valence-corrected chi connectivity index (χ4v) is 2.25. The van der Waals surface area contributed by atoms with Crippen molar-refractivity contribution in [3.05, 3.63) is 34.6 Å². The van der Waals surface area contributed by atoms with Crippen molar-refractivity contribution >= 4 is 23.5 Å². The molecule has 0 aromatic heterocycles. The Kier molecular flexibility index (Phi) is 3.73. The minimum atomic E-state index is -1.18. The molecule has 5 nitrogen and oxygen atoms in total. The highest BCUT2D eigenvalue weighted by atomic mass is 35.5. The van der Waals surface area contributed by atoms with Crippen LogP contribution in [-0.4, -0.2) is 45.7 Å². The highest BCUT2D eigenvalue weighted by Gasteiger charge is 2.39. The van der Waals surface area contributed by atoms with Gasteiger partial charge in [-0.3, -0.25) is 4.79 Å². The molecule has 2 atom stereocenters. The summed E-state index contributed by atoms with van der Waals surface area (Å²) in [5.41, 5.74) is 0.0896. The van der Waals surface area contributed by atoms with Crippen LogP contribution in [0.1, 0.15) is 16.8 Å². The van der Waals surface area contributed by atoms with Gasteiger partial charge in [0.25, 0.3) is 5.91 Å². The second-order valence-corrected chi connectivity index (χ2v) is 4.74. The number of hydrogen-bond acceptors (Lipinski definition) is 3. The summed E-state index contributed by atoms with van der Waals surface area (Å²) in [7, 11) is 0. The molecule has 1 heterocycles. The predicted octanol–water partition coefficient (Wildman–Crippen LogP) is 1.14. The Labute approximate surface area is 113 Å². The lowest BCUT2D eigenvalue weighted by atomic mass is 10.1. The Morgan fingerprint density at radius 1 is 1.42 bits per heavy atom. The van der Waals surface area contributed by atoms with Crippen LogP contribution in [0.25, 0.3) is 0 Å². The van der Waals surface area contributed by atoms with E-state index in [9.17, 15) is 19.1 Å². The van der Waals surface area contributed by atoms with Crippen LogP contribution in [-0.2, 0) is 4.79 Å². The lowest BCUT2D eigenvalue weighted by Gasteiger charge is -2.21. The highest BCUT2D eigenvalue weighted by molar-refractivity contribution is 6.31. The summed E-state index contributed by atoms with van der Waals surface area (Å²) in [5.74, 6) is -2.43. The van der Waals surface area contributed by atoms with Gasteiger partial charge in [-0.05, 0) is 18.2 Å². The molecule has 1 aliphatic heterocycles. The van der Waals surface area contributed by atoms with E-state index in [-0.39, 0.29) is 23.6 Å². The van der Waals surface area contributed by atoms with Gasteiger partial charge in [0.2, 0.25) is 0 Å². The molecular formula is C12H11ClFNO4. The molecule has 1 saturated heterocycles. The molecule has 1 amide bonds. The van der Waals surface area contributed by atoms with Gasteiger partial charge in [0, 0.05) is 18.5 Å². The third-order valence-electron chi connectivity index (χ3n) is 2.99. The number of β-amino-alcohol motifs (C(OH)–C–C–N with tert-alkyl or cyclic N) is 1. The summed E-state index contributed by atoms with van der Waals surface area (Å²) in [4.78, 5) is 24.2. The average molecular weight is 288 g/mol. The standard InChI is InChI=1S/C12H11ClFNO4/c13-8-3-6(1-2-9(8)14)11(17)15-5-7(16)4-10(15)12(18)19/h1-3,7,10,16H,4-5H2,(H,18,19)/t7-,10-/m0/s1. The summed E-state index contributed by atoms with van der Waals surface area (Å²) < 4.78 is 13.0. The third kappa shape index (κ3) is 2.69. The van der Waals surface area contributed by atoms with Gasteiger partial charge in [0.05, 0.1) is 11.1 Å². The molecule has 102 valence electrons. The van der Waals surface area contributed by atoms with E-state index in [0.29, 0.717) is 0 Å². The molecule has 0 radical (unpaired) electrons. The van der Waals surface area contributed by atoms with Crippen LogP contribution in [0.4, 0.5) is 4.39 Å². The SMILES string of the molecule is O=C(O)[C@@H]1C[C@H](O)CN1C(=O)c1ccc(F)c(Cl)c1. The van der Waals surface area contributed by atoms with Crippen LogP contribution in [0.2, 0.25) is 5.02 Å². The lowest BCUT2D eigenvalue weighted by molar-refractivity contribution is -0.141. The fraction of sp³-hybridized carbons (Fsp3) is 0.333. The van der Waals surface area contributed by atoms with Crippen molar-refractivity contribution in [2.45, 2.75) is 18.6 Å². The predicted molar refractivity (Wildman–Crippen MR) is 64.5 cm³/mol. The van der Waals surface area contributed by atoms with Crippen LogP contribution < -0.4 is 0 Å². The number of rotatable bonds is 2. The number of benzene rings is 1. The Bertz CT molecular complexity index is 536. The summed E-state index contributed by atoms with van der Waals surface area (Å²) in [5, 5.41) is 18.3. The summed E-state index contributed by atoms with van der Waals surface area (Å²) in [6, 6.07) is 2.33. The van der Waals surface area contributed by atoms with Gasteiger partial charge in [-0.2, -0.15) is 0 Å². The molecular weight excluding hydrogens is 277 g/mol. The Morgan fingerprint density at radius 3 is 2.68 bits per heavy atom. The summed E-state index contributed by atoms with van der Waals surface area (Å²) >= 11 is 5.58. The van der Waals surface area contributed by atoms with Crippen molar-refractivity contribution < 1.29 is 24.2 Å². The summed E-state index contributed by atoms with van der Waals surface area (Å²) in [6.45, 7) is -0.0647. The molecule has 1 fully saturated rings. The van der Waals surface area contributed by atoms with E-state index >= 15 is 0 Å². The Hall–Kier alpha value is -1.66. The molecule has 1 aromatic carbocycles. The number of amides is 1. The molecule has 1 aliphatic rings. The average Bonchev–Trinajstić information content (AvgIpc) is 2.74. The van der Waals surface area contributed by atoms with Crippen molar-refractivity contribution in [3.8, 4) is 0 Å². The molecule has 2 N–H and O–H groups in total. The minimum absolute atomic E-state index is 0.0179. The van der Waals surface area contributed by atoms with Gasteiger partial charge >= 0.3 is 5.97 Å². The van der Waals surface area contributed by atoms with Crippen LogP contribution in [0.3, 0.4) is 0 Å². The van der Waals surface area contributed by atoms with E-state index < -0.39 is 29.8 Å². The quantitative estimate of drug-likeness (QED) is 0.855. The number of aliphatic hydroxyl groups is 1. The molecule has 19 heavy (non-hydrogen) atoms. The van der Waals surface area contributed by atoms with Gasteiger partial charge in [0.1, 0.15) is 11.9 Å². The molecule has 0 saturated carbocycles. The van der Waals surface area contributed by atoms with Gasteiger partial charge in [-0.1, -0.05) is 11.6 Å². The second kappa shape index (κ2) is 5.14. The number of aliphatic carboxylic acids is 1. The van der Waals surface area contributed by atoms with Crippen molar-refractivity contribution in [1.82, 2.24) is 4.90 Å². The van der Waals surface area contributed by atoms with Gasteiger partial charge in [-0.15, -0.1) is 0 Å². The molecule has 0 unspecified atom stereocenters. The molecule has 7 heteroatoms. The number of carboxylic acid groups (broad SMARTS) is 1. The van der Waals surface area contributed by atoms with Crippen molar-refractivity contribution in [1.29, 1.82) is 0 Å². The number of hydrogen-bond donors (Lipinski definition) is 2. The first-order valence-electron chi connectivity index (χ1n) is 5.57. The maximum atomic E-state index is 13.0. The number of carbonyl (C=O) groups is 2. The smallest absolute Gasteiger partial charge is 0.326 e. The Balaban J connectivity index is 2.27. The molecule has 2 rings (SSSR count).